The molecule has 28 heavy (non-hydrogen) atoms. The van der Waals surface area contributed by atoms with Gasteiger partial charge in [0.2, 0.25) is 0 Å². The number of amides is 1. The molecule has 0 radical (unpaired) electrons. The van der Waals surface area contributed by atoms with Gasteiger partial charge in [0.1, 0.15) is 5.82 Å². The summed E-state index contributed by atoms with van der Waals surface area (Å²) in [6.45, 7) is 5.86. The van der Waals surface area contributed by atoms with Gasteiger partial charge in [0, 0.05) is 45.2 Å². The number of hydrogen-bond acceptors (Lipinski definition) is 4. The maximum absolute atomic E-state index is 14.0. The molecule has 4 aliphatic heterocycles. The van der Waals surface area contributed by atoms with Crippen LogP contribution in [0.1, 0.15) is 15.9 Å². The molecule has 4 bridgehead atoms. The summed E-state index contributed by atoms with van der Waals surface area (Å²) in [4.78, 5) is 17.6. The highest BCUT2D eigenvalue weighted by Gasteiger charge is 2.53. The van der Waals surface area contributed by atoms with Crippen LogP contribution in [0.5, 0.6) is 0 Å². The molecule has 0 aliphatic carbocycles. The highest BCUT2D eigenvalue weighted by Crippen LogP contribution is 2.41. The average Bonchev–Trinajstić information content (AvgIpc) is 2.96. The monoisotopic (exact) mass is 378 g/mol. The van der Waals surface area contributed by atoms with Crippen LogP contribution in [0, 0.1) is 11.7 Å². The van der Waals surface area contributed by atoms with E-state index in [1.54, 1.807) is 12.1 Å². The van der Waals surface area contributed by atoms with Crippen molar-refractivity contribution >= 4 is 11.6 Å². The van der Waals surface area contributed by atoms with Crippen LogP contribution in [0.3, 0.4) is 0 Å². The van der Waals surface area contributed by atoms with Crippen molar-refractivity contribution in [3.05, 3.63) is 71.5 Å². The fraction of sp³-hybridized carbons (Fsp3) is 0.364. The van der Waals surface area contributed by atoms with Crippen molar-refractivity contribution in [1.82, 2.24) is 15.2 Å². The highest BCUT2D eigenvalue weighted by atomic mass is 19.1. The van der Waals surface area contributed by atoms with Crippen molar-refractivity contribution in [1.29, 1.82) is 0 Å². The van der Waals surface area contributed by atoms with Crippen molar-refractivity contribution in [2.45, 2.75) is 5.41 Å². The van der Waals surface area contributed by atoms with E-state index in [0.717, 1.165) is 45.0 Å². The number of hydrogen-bond donors (Lipinski definition) is 1. The molecule has 6 rings (SSSR count). The Balaban J connectivity index is 1.53. The van der Waals surface area contributed by atoms with Crippen LogP contribution < -0.4 is 5.43 Å². The summed E-state index contributed by atoms with van der Waals surface area (Å²) in [5, 5.41) is 4.63. The second-order valence-corrected chi connectivity index (χ2v) is 8.03. The molecule has 6 heteroatoms. The zero-order valence-corrected chi connectivity index (χ0v) is 15.6. The minimum absolute atomic E-state index is 0.0224. The molecule has 0 saturated carbocycles. The van der Waals surface area contributed by atoms with Gasteiger partial charge < -0.3 is 9.80 Å². The van der Waals surface area contributed by atoms with Crippen LogP contribution >= 0.6 is 0 Å². The Labute approximate surface area is 163 Å². The topological polar surface area (TPSA) is 47.9 Å². The van der Waals surface area contributed by atoms with Crippen molar-refractivity contribution < 1.29 is 9.18 Å². The van der Waals surface area contributed by atoms with Crippen molar-refractivity contribution in [3.63, 3.8) is 0 Å². The lowest BCUT2D eigenvalue weighted by atomic mass is 9.66. The van der Waals surface area contributed by atoms with Gasteiger partial charge in [0.25, 0.3) is 5.91 Å². The Bertz CT molecular complexity index is 913. The van der Waals surface area contributed by atoms with Crippen molar-refractivity contribution in [2.24, 2.45) is 11.0 Å². The van der Waals surface area contributed by atoms with E-state index in [1.807, 2.05) is 6.07 Å². The molecule has 0 spiro atoms. The van der Waals surface area contributed by atoms with Gasteiger partial charge >= 0.3 is 0 Å². The van der Waals surface area contributed by atoms with Gasteiger partial charge in [0.15, 0.2) is 0 Å². The number of fused-ring (bicyclic) bond motifs is 1. The Morgan fingerprint density at radius 3 is 2.32 bits per heavy atom. The number of carbonyl (C=O) groups is 1. The number of nitrogens with one attached hydrogen (secondary N) is 1. The maximum Gasteiger partial charge on any atom is 0.274 e. The molecule has 4 saturated heterocycles. The lowest BCUT2D eigenvalue weighted by molar-refractivity contribution is 0.0948. The molecule has 4 fully saturated rings. The molecule has 2 unspecified atom stereocenters. The summed E-state index contributed by atoms with van der Waals surface area (Å²) in [5.41, 5.74) is 4.70. The Kier molecular flexibility index (Phi) is 4.25. The zero-order chi connectivity index (χ0) is 19.1. The van der Waals surface area contributed by atoms with Crippen LogP contribution in [0.25, 0.3) is 0 Å². The molecule has 2 atom stereocenters. The Morgan fingerprint density at radius 1 is 1.00 bits per heavy atom. The number of halogens is 1. The number of nitrogens with zero attached hydrogens (tertiary/aromatic N) is 3. The van der Waals surface area contributed by atoms with E-state index in [2.05, 4.69) is 44.6 Å². The number of carbonyl (C=O) groups excluding carboxylic acids is 1. The van der Waals surface area contributed by atoms with E-state index in [4.69, 9.17) is 0 Å². The zero-order valence-electron chi connectivity index (χ0n) is 15.6. The van der Waals surface area contributed by atoms with Crippen LogP contribution in [-0.4, -0.2) is 60.7 Å². The molecule has 2 aromatic carbocycles. The van der Waals surface area contributed by atoms with Crippen molar-refractivity contribution in [2.75, 3.05) is 39.3 Å². The summed E-state index contributed by atoms with van der Waals surface area (Å²) in [6.07, 6.45) is 0. The summed E-state index contributed by atoms with van der Waals surface area (Å²) in [5.74, 6) is -0.760. The minimum Gasteiger partial charge on any atom is -0.300 e. The van der Waals surface area contributed by atoms with Gasteiger partial charge in [-0.05, 0) is 17.7 Å². The van der Waals surface area contributed by atoms with Crippen LogP contribution in [0.4, 0.5) is 4.39 Å². The van der Waals surface area contributed by atoms with Gasteiger partial charge in [-0.1, -0.05) is 42.5 Å². The summed E-state index contributed by atoms with van der Waals surface area (Å²) in [6, 6.07) is 16.5. The fourth-order valence-electron chi connectivity index (χ4n) is 5.08. The molecule has 2 aromatic rings. The molecule has 4 heterocycles. The normalized spacial score (nSPS) is 32.3. The predicted molar refractivity (Wildman–Crippen MR) is 106 cm³/mol. The molecule has 1 amide bonds. The third kappa shape index (κ3) is 2.84. The van der Waals surface area contributed by atoms with E-state index in [1.165, 1.54) is 17.7 Å². The standard InChI is InChI=1S/C22H23FN4O/c23-19-9-5-4-8-18(19)21(28)25-24-20-16-12-26-10-11-27(13-16)15-22(20,14-26)17-6-2-1-3-7-17/h1-9,16H,10-15H2,(H,25,28)/b24-20-. The Hall–Kier alpha value is -2.57. The predicted octanol–water partition coefficient (Wildman–Crippen LogP) is 2.11. The molecule has 5 nitrogen and oxygen atoms in total. The van der Waals surface area contributed by atoms with Crippen LogP contribution in [0.15, 0.2) is 59.7 Å². The lowest BCUT2D eigenvalue weighted by Gasteiger charge is -2.50. The summed E-state index contributed by atoms with van der Waals surface area (Å²) in [7, 11) is 0. The molecule has 144 valence electrons. The highest BCUT2D eigenvalue weighted by molar-refractivity contribution is 6.01. The summed E-state index contributed by atoms with van der Waals surface area (Å²) >= 11 is 0. The van der Waals surface area contributed by atoms with Crippen LogP contribution in [0.2, 0.25) is 0 Å². The SMILES string of the molecule is O=C(N/N=C1/C2CN3CCN(C2)CC1(c1ccccc1)C3)c1ccccc1F. The van der Waals surface area contributed by atoms with E-state index in [-0.39, 0.29) is 16.9 Å². The number of rotatable bonds is 3. The van der Waals surface area contributed by atoms with Crippen LogP contribution in [-0.2, 0) is 5.41 Å². The Morgan fingerprint density at radius 2 is 1.64 bits per heavy atom. The second kappa shape index (κ2) is 6.79. The molecule has 4 aliphatic rings. The van der Waals surface area contributed by atoms with Gasteiger partial charge in [-0.3, -0.25) is 4.79 Å². The second-order valence-electron chi connectivity index (χ2n) is 8.03. The van der Waals surface area contributed by atoms with Crippen molar-refractivity contribution in [3.8, 4) is 0 Å². The van der Waals surface area contributed by atoms with E-state index < -0.39 is 11.7 Å². The maximum atomic E-state index is 14.0. The van der Waals surface area contributed by atoms with Gasteiger partial charge in [-0.15, -0.1) is 0 Å². The van der Waals surface area contributed by atoms with E-state index in [0.29, 0.717) is 0 Å². The summed E-state index contributed by atoms with van der Waals surface area (Å²) < 4.78 is 14.0. The third-order valence-corrected chi connectivity index (χ3v) is 6.28. The van der Waals surface area contributed by atoms with E-state index >= 15 is 0 Å². The average molecular weight is 378 g/mol. The fourth-order valence-corrected chi connectivity index (χ4v) is 5.08. The number of benzene rings is 2. The molecule has 0 aromatic heterocycles. The number of hydrazone groups is 1. The lowest BCUT2D eigenvalue weighted by Crippen LogP contribution is -2.64. The van der Waals surface area contributed by atoms with Gasteiger partial charge in [-0.2, -0.15) is 5.10 Å². The molecular weight excluding hydrogens is 355 g/mol. The van der Waals surface area contributed by atoms with E-state index in [9.17, 15) is 9.18 Å². The molecular formula is C22H23FN4O. The minimum atomic E-state index is -0.530. The smallest absolute Gasteiger partial charge is 0.274 e. The first-order valence-corrected chi connectivity index (χ1v) is 9.79. The molecule has 1 N–H and O–H groups in total. The number of piperidine rings is 2. The largest absolute Gasteiger partial charge is 0.300 e. The van der Waals surface area contributed by atoms with Gasteiger partial charge in [-0.25, -0.2) is 9.82 Å². The first kappa shape index (κ1) is 17.5. The first-order chi connectivity index (χ1) is 13.7. The first-order valence-electron chi connectivity index (χ1n) is 9.79. The quantitative estimate of drug-likeness (QED) is 0.833. The third-order valence-electron chi connectivity index (χ3n) is 6.28. The van der Waals surface area contributed by atoms with Gasteiger partial charge in [0.05, 0.1) is 16.7 Å².